The topological polar surface area (TPSA) is 24.1 Å². The first-order valence-corrected chi connectivity index (χ1v) is 6.01. The van der Waals surface area contributed by atoms with Crippen LogP contribution in [0.2, 0.25) is 5.02 Å². The Morgan fingerprint density at radius 3 is 2.18 bits per heavy atom. The van der Waals surface area contributed by atoms with Crippen LogP contribution in [-0.2, 0) is 0 Å². The van der Waals surface area contributed by atoms with Crippen molar-refractivity contribution in [2.45, 2.75) is 0 Å². The molecule has 2 nitrogen and oxygen atoms in total. The average Bonchev–Trinajstić information content (AvgIpc) is 2.38. The Hall–Kier alpha value is -1.67. The fourth-order valence-corrected chi connectivity index (χ4v) is 1.77. The second-order valence-corrected chi connectivity index (χ2v) is 4.11. The molecule has 17 heavy (non-hydrogen) atoms. The van der Waals surface area contributed by atoms with E-state index in [1.165, 1.54) is 0 Å². The third-order valence-electron chi connectivity index (χ3n) is 2.42. The molecule has 0 aliphatic rings. The summed E-state index contributed by atoms with van der Waals surface area (Å²) in [5.74, 6) is 0. The van der Waals surface area contributed by atoms with E-state index in [2.05, 4.69) is 22.8 Å². The molecule has 0 aliphatic carbocycles. The minimum Gasteiger partial charge on any atom is -0.383 e. The maximum Gasteiger partial charge on any atom is 0.0637 e. The van der Waals surface area contributed by atoms with Crippen LogP contribution in [0.4, 0.5) is 11.4 Å². The van der Waals surface area contributed by atoms with Crippen molar-refractivity contribution in [2.24, 2.45) is 0 Å². The molecule has 0 fully saturated rings. The van der Waals surface area contributed by atoms with Crippen LogP contribution in [0.25, 0.3) is 0 Å². The van der Waals surface area contributed by atoms with Crippen molar-refractivity contribution in [2.75, 3.05) is 23.7 Å². The van der Waals surface area contributed by atoms with Gasteiger partial charge in [-0.05, 0) is 24.3 Å². The molecule has 2 rings (SSSR count). The molecule has 0 bridgehead atoms. The van der Waals surface area contributed by atoms with Gasteiger partial charge >= 0.3 is 0 Å². The second kappa shape index (κ2) is 6.16. The molecule has 0 saturated carbocycles. The number of nitrogens with one attached hydrogen (secondary N) is 2. The molecule has 0 amide bonds. The van der Waals surface area contributed by atoms with Crippen molar-refractivity contribution in [1.82, 2.24) is 0 Å². The van der Waals surface area contributed by atoms with E-state index in [-0.39, 0.29) is 0 Å². The fourth-order valence-electron chi connectivity index (χ4n) is 1.56. The molecule has 0 radical (unpaired) electrons. The largest absolute Gasteiger partial charge is 0.383 e. The predicted octanol–water partition coefficient (Wildman–Crippen LogP) is 3.86. The van der Waals surface area contributed by atoms with E-state index in [0.717, 1.165) is 29.5 Å². The lowest BCUT2D eigenvalue weighted by Crippen LogP contribution is -2.13. The molecule has 0 unspecified atom stereocenters. The second-order valence-electron chi connectivity index (χ2n) is 3.70. The van der Waals surface area contributed by atoms with Crippen LogP contribution in [0, 0.1) is 0 Å². The van der Waals surface area contributed by atoms with Crippen LogP contribution < -0.4 is 10.6 Å². The lowest BCUT2D eigenvalue weighted by atomic mass is 10.3. The van der Waals surface area contributed by atoms with Crippen molar-refractivity contribution in [1.29, 1.82) is 0 Å². The van der Waals surface area contributed by atoms with E-state index in [0.29, 0.717) is 0 Å². The lowest BCUT2D eigenvalue weighted by Gasteiger charge is -2.09. The molecule has 2 aromatic carbocycles. The van der Waals surface area contributed by atoms with E-state index in [4.69, 9.17) is 11.6 Å². The van der Waals surface area contributed by atoms with E-state index in [1.807, 2.05) is 42.5 Å². The third-order valence-corrected chi connectivity index (χ3v) is 2.75. The van der Waals surface area contributed by atoms with Crippen LogP contribution in [0.5, 0.6) is 0 Å². The number of rotatable bonds is 5. The summed E-state index contributed by atoms with van der Waals surface area (Å²) in [6, 6.07) is 17.9. The van der Waals surface area contributed by atoms with Gasteiger partial charge in [0, 0.05) is 18.8 Å². The van der Waals surface area contributed by atoms with E-state index >= 15 is 0 Å². The van der Waals surface area contributed by atoms with Crippen molar-refractivity contribution < 1.29 is 0 Å². The van der Waals surface area contributed by atoms with Gasteiger partial charge in [0.05, 0.1) is 10.7 Å². The smallest absolute Gasteiger partial charge is 0.0637 e. The molecule has 0 aliphatic heterocycles. The van der Waals surface area contributed by atoms with Crippen molar-refractivity contribution in [3.05, 3.63) is 59.6 Å². The summed E-state index contributed by atoms with van der Waals surface area (Å²) in [6.45, 7) is 1.69. The number of para-hydroxylation sites is 2. The monoisotopic (exact) mass is 246 g/mol. The van der Waals surface area contributed by atoms with Gasteiger partial charge in [-0.3, -0.25) is 0 Å². The van der Waals surface area contributed by atoms with Crippen molar-refractivity contribution in [3.63, 3.8) is 0 Å². The fraction of sp³-hybridized carbons (Fsp3) is 0.143. The maximum absolute atomic E-state index is 6.04. The molecule has 0 atom stereocenters. The van der Waals surface area contributed by atoms with E-state index in [1.54, 1.807) is 0 Å². The first-order chi connectivity index (χ1) is 8.36. The van der Waals surface area contributed by atoms with Crippen molar-refractivity contribution in [3.8, 4) is 0 Å². The number of hydrogen-bond donors (Lipinski definition) is 2. The van der Waals surface area contributed by atoms with Crippen LogP contribution in [-0.4, -0.2) is 13.1 Å². The van der Waals surface area contributed by atoms with Crippen LogP contribution in [0.15, 0.2) is 54.6 Å². The molecule has 2 aromatic rings. The normalized spacial score (nSPS) is 9.94. The Labute approximate surface area is 107 Å². The average molecular weight is 247 g/mol. The number of halogens is 1. The van der Waals surface area contributed by atoms with Gasteiger partial charge in [0.15, 0.2) is 0 Å². The number of benzene rings is 2. The zero-order chi connectivity index (χ0) is 11.9. The molecular weight excluding hydrogens is 232 g/mol. The SMILES string of the molecule is Clc1ccccc1NCCNc1ccccc1. The van der Waals surface area contributed by atoms with E-state index in [9.17, 15) is 0 Å². The predicted molar refractivity (Wildman–Crippen MR) is 74.9 cm³/mol. The van der Waals surface area contributed by atoms with Gasteiger partial charge in [-0.25, -0.2) is 0 Å². The summed E-state index contributed by atoms with van der Waals surface area (Å²) in [7, 11) is 0. The number of hydrogen-bond acceptors (Lipinski definition) is 2. The highest BCUT2D eigenvalue weighted by atomic mass is 35.5. The Bertz CT molecular complexity index is 457. The summed E-state index contributed by atoms with van der Waals surface area (Å²) >= 11 is 6.04. The van der Waals surface area contributed by atoms with Gasteiger partial charge in [0.1, 0.15) is 0 Å². The molecular formula is C14H15ClN2. The summed E-state index contributed by atoms with van der Waals surface area (Å²) in [5.41, 5.74) is 2.11. The molecule has 2 N–H and O–H groups in total. The molecule has 3 heteroatoms. The van der Waals surface area contributed by atoms with Crippen molar-refractivity contribution >= 4 is 23.0 Å². The molecule has 0 heterocycles. The Kier molecular flexibility index (Phi) is 4.28. The lowest BCUT2D eigenvalue weighted by molar-refractivity contribution is 1.08. The van der Waals surface area contributed by atoms with Gasteiger partial charge in [-0.2, -0.15) is 0 Å². The third kappa shape index (κ3) is 3.68. The first kappa shape index (κ1) is 11.8. The molecule has 0 spiro atoms. The summed E-state index contributed by atoms with van der Waals surface area (Å²) in [4.78, 5) is 0. The first-order valence-electron chi connectivity index (χ1n) is 5.63. The summed E-state index contributed by atoms with van der Waals surface area (Å²) in [6.07, 6.45) is 0. The quantitative estimate of drug-likeness (QED) is 0.783. The minimum absolute atomic E-state index is 0.757. The highest BCUT2D eigenvalue weighted by Crippen LogP contribution is 2.19. The maximum atomic E-state index is 6.04. The van der Waals surface area contributed by atoms with Crippen LogP contribution in [0.3, 0.4) is 0 Å². The van der Waals surface area contributed by atoms with Crippen LogP contribution >= 0.6 is 11.6 Å². The standard InChI is InChI=1S/C14H15ClN2/c15-13-8-4-5-9-14(13)17-11-10-16-12-6-2-1-3-7-12/h1-9,16-17H,10-11H2. The minimum atomic E-state index is 0.757. The van der Waals surface area contributed by atoms with Crippen LogP contribution in [0.1, 0.15) is 0 Å². The zero-order valence-electron chi connectivity index (χ0n) is 9.49. The molecule has 88 valence electrons. The van der Waals surface area contributed by atoms with Gasteiger partial charge in [0.25, 0.3) is 0 Å². The number of anilines is 2. The Balaban J connectivity index is 1.76. The highest BCUT2D eigenvalue weighted by molar-refractivity contribution is 6.33. The highest BCUT2D eigenvalue weighted by Gasteiger charge is 1.96. The zero-order valence-corrected chi connectivity index (χ0v) is 10.2. The molecule has 0 saturated heterocycles. The Morgan fingerprint density at radius 2 is 1.41 bits per heavy atom. The van der Waals surface area contributed by atoms with Gasteiger partial charge in [-0.1, -0.05) is 41.9 Å². The van der Waals surface area contributed by atoms with Gasteiger partial charge in [-0.15, -0.1) is 0 Å². The summed E-state index contributed by atoms with van der Waals surface area (Å²) in [5, 5.41) is 7.37. The van der Waals surface area contributed by atoms with E-state index < -0.39 is 0 Å². The van der Waals surface area contributed by atoms with Gasteiger partial charge in [0.2, 0.25) is 0 Å². The molecule has 0 aromatic heterocycles. The Morgan fingerprint density at radius 1 is 0.765 bits per heavy atom. The summed E-state index contributed by atoms with van der Waals surface area (Å²) < 4.78 is 0. The van der Waals surface area contributed by atoms with Gasteiger partial charge < -0.3 is 10.6 Å².